The number of fused-ring (bicyclic) bond motifs is 1. The molecule has 0 saturated carbocycles. The highest BCUT2D eigenvalue weighted by Gasteiger charge is 2.21. The van der Waals surface area contributed by atoms with E-state index in [1.165, 1.54) is 17.8 Å². The van der Waals surface area contributed by atoms with Gasteiger partial charge in [0, 0.05) is 11.0 Å². The third-order valence-corrected chi connectivity index (χ3v) is 4.60. The molecular formula is C18H16N2O2S. The largest absolute Gasteiger partial charge is 0.346 e. The van der Waals surface area contributed by atoms with Crippen molar-refractivity contribution in [2.24, 2.45) is 0 Å². The van der Waals surface area contributed by atoms with E-state index in [1.807, 2.05) is 61.5 Å². The van der Waals surface area contributed by atoms with Crippen LogP contribution in [0.2, 0.25) is 0 Å². The van der Waals surface area contributed by atoms with Crippen molar-refractivity contribution in [1.29, 1.82) is 0 Å². The lowest BCUT2D eigenvalue weighted by atomic mass is 10.1. The molecule has 0 radical (unpaired) electrons. The number of anilines is 1. The van der Waals surface area contributed by atoms with Crippen LogP contribution in [0.5, 0.6) is 0 Å². The zero-order chi connectivity index (χ0) is 16.2. The van der Waals surface area contributed by atoms with Crippen LogP contribution in [0.15, 0.2) is 70.5 Å². The van der Waals surface area contributed by atoms with E-state index in [0.29, 0.717) is 4.91 Å². The van der Waals surface area contributed by atoms with Crippen molar-refractivity contribution in [1.82, 2.24) is 5.32 Å². The van der Waals surface area contributed by atoms with Crippen molar-refractivity contribution >= 4 is 29.3 Å². The van der Waals surface area contributed by atoms with Gasteiger partial charge in [-0.1, -0.05) is 54.2 Å². The SMILES string of the molecule is CC(NC(=O)/C=C1\Sc2ccccc2NC1=O)c1ccccc1. The van der Waals surface area contributed by atoms with Gasteiger partial charge in [-0.15, -0.1) is 0 Å². The zero-order valence-corrected chi connectivity index (χ0v) is 13.4. The number of amides is 2. The van der Waals surface area contributed by atoms with E-state index in [9.17, 15) is 9.59 Å². The summed E-state index contributed by atoms with van der Waals surface area (Å²) < 4.78 is 0. The van der Waals surface area contributed by atoms with Crippen LogP contribution in [0.4, 0.5) is 5.69 Å². The number of nitrogens with one attached hydrogen (secondary N) is 2. The quantitative estimate of drug-likeness (QED) is 0.850. The van der Waals surface area contributed by atoms with Gasteiger partial charge in [0.1, 0.15) is 0 Å². The number of carbonyl (C=O) groups excluding carboxylic acids is 2. The zero-order valence-electron chi connectivity index (χ0n) is 12.6. The summed E-state index contributed by atoms with van der Waals surface area (Å²) in [5, 5.41) is 5.67. The average molecular weight is 324 g/mol. The van der Waals surface area contributed by atoms with Gasteiger partial charge in [0.15, 0.2) is 0 Å². The molecule has 1 aliphatic heterocycles. The Kier molecular flexibility index (Phi) is 4.48. The summed E-state index contributed by atoms with van der Waals surface area (Å²) in [5.41, 5.74) is 1.79. The van der Waals surface area contributed by atoms with Gasteiger partial charge in [-0.25, -0.2) is 0 Å². The second-order valence-electron chi connectivity index (χ2n) is 5.20. The minimum absolute atomic E-state index is 0.121. The maximum atomic E-state index is 12.2. The van der Waals surface area contributed by atoms with Crippen molar-refractivity contribution < 1.29 is 9.59 Å². The fraction of sp³-hybridized carbons (Fsp3) is 0.111. The van der Waals surface area contributed by atoms with E-state index in [4.69, 9.17) is 0 Å². The summed E-state index contributed by atoms with van der Waals surface area (Å²) in [5.74, 6) is -0.533. The van der Waals surface area contributed by atoms with Gasteiger partial charge in [0.05, 0.1) is 16.6 Å². The molecule has 2 aromatic carbocycles. The molecule has 0 bridgehead atoms. The lowest BCUT2D eigenvalue weighted by Gasteiger charge is -2.18. The molecule has 1 heterocycles. The molecule has 5 heteroatoms. The number of para-hydroxylation sites is 1. The van der Waals surface area contributed by atoms with Crippen LogP contribution >= 0.6 is 11.8 Å². The van der Waals surface area contributed by atoms with Crippen LogP contribution in [0.25, 0.3) is 0 Å². The van der Waals surface area contributed by atoms with Gasteiger partial charge >= 0.3 is 0 Å². The number of carbonyl (C=O) groups is 2. The predicted octanol–water partition coefficient (Wildman–Crippen LogP) is 3.49. The van der Waals surface area contributed by atoms with Crippen molar-refractivity contribution in [2.75, 3.05) is 5.32 Å². The Balaban J connectivity index is 1.72. The van der Waals surface area contributed by atoms with Crippen molar-refractivity contribution in [2.45, 2.75) is 17.9 Å². The Bertz CT molecular complexity index is 772. The summed E-state index contributed by atoms with van der Waals surface area (Å²) in [6.45, 7) is 1.91. The molecule has 116 valence electrons. The Morgan fingerprint density at radius 1 is 1.13 bits per heavy atom. The first-order chi connectivity index (χ1) is 11.1. The van der Waals surface area contributed by atoms with Crippen LogP contribution < -0.4 is 10.6 Å². The van der Waals surface area contributed by atoms with Gasteiger partial charge in [0.2, 0.25) is 5.91 Å². The summed E-state index contributed by atoms with van der Waals surface area (Å²) in [6.07, 6.45) is 1.36. The molecule has 1 unspecified atom stereocenters. The first-order valence-electron chi connectivity index (χ1n) is 7.29. The van der Waals surface area contributed by atoms with Crippen LogP contribution in [-0.2, 0) is 9.59 Å². The second-order valence-corrected chi connectivity index (χ2v) is 6.29. The monoisotopic (exact) mass is 324 g/mol. The summed E-state index contributed by atoms with van der Waals surface area (Å²) in [6, 6.07) is 17.1. The lowest BCUT2D eigenvalue weighted by Crippen LogP contribution is -2.26. The van der Waals surface area contributed by atoms with E-state index in [0.717, 1.165) is 16.1 Å². The normalized spacial score (nSPS) is 16.4. The fourth-order valence-corrected chi connectivity index (χ4v) is 3.22. The fourth-order valence-electron chi connectivity index (χ4n) is 2.30. The van der Waals surface area contributed by atoms with Gasteiger partial charge < -0.3 is 10.6 Å². The van der Waals surface area contributed by atoms with E-state index in [1.54, 1.807) is 0 Å². The molecule has 4 nitrogen and oxygen atoms in total. The van der Waals surface area contributed by atoms with Crippen molar-refractivity contribution in [3.63, 3.8) is 0 Å². The molecule has 0 saturated heterocycles. The standard InChI is InChI=1S/C18H16N2O2S/c1-12(13-7-3-2-4-8-13)19-17(21)11-16-18(22)20-14-9-5-6-10-15(14)23-16/h2-12H,1H3,(H,19,21)(H,20,22)/b16-11-. The molecule has 1 aliphatic rings. The Hall–Kier alpha value is -2.53. The number of hydrogen-bond donors (Lipinski definition) is 2. The van der Waals surface area contributed by atoms with E-state index < -0.39 is 0 Å². The van der Waals surface area contributed by atoms with Gasteiger partial charge in [-0.3, -0.25) is 9.59 Å². The Labute approximate surface area is 139 Å². The molecule has 0 aliphatic carbocycles. The smallest absolute Gasteiger partial charge is 0.262 e. The van der Waals surface area contributed by atoms with Crippen molar-refractivity contribution in [3.8, 4) is 0 Å². The number of benzene rings is 2. The van der Waals surface area contributed by atoms with E-state index in [-0.39, 0.29) is 17.9 Å². The minimum atomic E-state index is -0.279. The molecule has 23 heavy (non-hydrogen) atoms. The highest BCUT2D eigenvalue weighted by molar-refractivity contribution is 8.04. The van der Waals surface area contributed by atoms with Gasteiger partial charge in [0.25, 0.3) is 5.91 Å². The van der Waals surface area contributed by atoms with Crippen LogP contribution in [0.1, 0.15) is 18.5 Å². The number of hydrogen-bond acceptors (Lipinski definition) is 3. The molecule has 2 amide bonds. The minimum Gasteiger partial charge on any atom is -0.346 e. The first-order valence-corrected chi connectivity index (χ1v) is 8.10. The van der Waals surface area contributed by atoms with Crippen LogP contribution in [0, 0.1) is 0 Å². The predicted molar refractivity (Wildman–Crippen MR) is 92.0 cm³/mol. The maximum absolute atomic E-state index is 12.2. The molecule has 0 fully saturated rings. The lowest BCUT2D eigenvalue weighted by molar-refractivity contribution is -0.118. The summed E-state index contributed by atoms with van der Waals surface area (Å²) >= 11 is 1.30. The van der Waals surface area contributed by atoms with E-state index >= 15 is 0 Å². The molecular weight excluding hydrogens is 308 g/mol. The maximum Gasteiger partial charge on any atom is 0.262 e. The third-order valence-electron chi connectivity index (χ3n) is 3.50. The summed E-state index contributed by atoms with van der Waals surface area (Å²) in [4.78, 5) is 25.6. The topological polar surface area (TPSA) is 58.2 Å². The molecule has 0 spiro atoms. The molecule has 0 aromatic heterocycles. The first kappa shape index (κ1) is 15.4. The van der Waals surface area contributed by atoms with E-state index in [2.05, 4.69) is 10.6 Å². The number of rotatable bonds is 3. The Morgan fingerprint density at radius 3 is 2.61 bits per heavy atom. The van der Waals surface area contributed by atoms with Gasteiger partial charge in [-0.2, -0.15) is 0 Å². The summed E-state index contributed by atoms with van der Waals surface area (Å²) in [7, 11) is 0. The van der Waals surface area contributed by atoms with Crippen molar-refractivity contribution in [3.05, 3.63) is 71.1 Å². The second kappa shape index (κ2) is 6.71. The van der Waals surface area contributed by atoms with Crippen LogP contribution in [0.3, 0.4) is 0 Å². The molecule has 2 N–H and O–H groups in total. The average Bonchev–Trinajstić information content (AvgIpc) is 2.56. The highest BCUT2D eigenvalue weighted by atomic mass is 32.2. The highest BCUT2D eigenvalue weighted by Crippen LogP contribution is 2.37. The third kappa shape index (κ3) is 3.63. The Morgan fingerprint density at radius 2 is 1.83 bits per heavy atom. The molecule has 3 rings (SSSR count). The number of thioether (sulfide) groups is 1. The molecule has 1 atom stereocenters. The molecule has 2 aromatic rings. The van der Waals surface area contributed by atoms with Gasteiger partial charge in [-0.05, 0) is 24.6 Å². The van der Waals surface area contributed by atoms with Crippen LogP contribution in [-0.4, -0.2) is 11.8 Å².